The van der Waals surface area contributed by atoms with Gasteiger partial charge in [-0.25, -0.2) is 0 Å². The highest BCUT2D eigenvalue weighted by Crippen LogP contribution is 2.68. The van der Waals surface area contributed by atoms with Gasteiger partial charge in [-0.1, -0.05) is 64.1 Å². The molecule has 230 valence electrons. The molecule has 2 fully saturated rings. The summed E-state index contributed by atoms with van der Waals surface area (Å²) in [5.74, 6) is 3.49. The third-order valence-electron chi connectivity index (χ3n) is 13.0. The predicted molar refractivity (Wildman–Crippen MR) is 184 cm³/mol. The van der Waals surface area contributed by atoms with Crippen molar-refractivity contribution in [2.75, 3.05) is 0 Å². The third-order valence-corrected chi connectivity index (χ3v) is 13.0. The van der Waals surface area contributed by atoms with E-state index in [0.717, 1.165) is 35.6 Å². The van der Waals surface area contributed by atoms with E-state index in [1.807, 2.05) is 24.5 Å². The first kappa shape index (κ1) is 28.1. The van der Waals surface area contributed by atoms with E-state index in [-0.39, 0.29) is 0 Å². The summed E-state index contributed by atoms with van der Waals surface area (Å²) in [5, 5.41) is 0. The SMILES string of the molecule is CC1(C)C2C[C@H]1c1cnc(-c3ccccn3)cc1[C@@H]2Cc1ccccc1CC1c2cc(-c3ccccn3)ncc2[C@H]2C[C@@H]1C2(C)C. The van der Waals surface area contributed by atoms with E-state index in [1.54, 1.807) is 0 Å². The van der Waals surface area contributed by atoms with E-state index >= 15 is 0 Å². The highest BCUT2D eigenvalue weighted by molar-refractivity contribution is 5.59. The fourth-order valence-electron chi connectivity index (χ4n) is 10.2. The van der Waals surface area contributed by atoms with Crippen LogP contribution in [-0.2, 0) is 12.8 Å². The zero-order chi connectivity index (χ0) is 31.2. The lowest BCUT2D eigenvalue weighted by Gasteiger charge is -2.61. The summed E-state index contributed by atoms with van der Waals surface area (Å²) in [6.45, 7) is 9.95. The van der Waals surface area contributed by atoms with Crippen molar-refractivity contribution >= 4 is 0 Å². The van der Waals surface area contributed by atoms with Crippen LogP contribution in [0.4, 0.5) is 0 Å². The molecule has 6 aliphatic rings. The van der Waals surface area contributed by atoms with Gasteiger partial charge in [-0.2, -0.15) is 0 Å². The molecule has 46 heavy (non-hydrogen) atoms. The Morgan fingerprint density at radius 3 is 1.35 bits per heavy atom. The van der Waals surface area contributed by atoms with Crippen molar-refractivity contribution in [3.05, 3.63) is 131 Å². The quantitative estimate of drug-likeness (QED) is 0.194. The van der Waals surface area contributed by atoms with Crippen LogP contribution in [0, 0.1) is 22.7 Å². The Balaban J connectivity index is 1.09. The number of nitrogens with zero attached hydrogens (tertiary/aromatic N) is 4. The van der Waals surface area contributed by atoms with Crippen LogP contribution in [0.5, 0.6) is 0 Å². The van der Waals surface area contributed by atoms with Crippen molar-refractivity contribution in [2.45, 2.75) is 77.0 Å². The van der Waals surface area contributed by atoms with Gasteiger partial charge < -0.3 is 0 Å². The molecule has 0 saturated heterocycles. The number of hydrogen-bond acceptors (Lipinski definition) is 4. The summed E-state index contributed by atoms with van der Waals surface area (Å²) < 4.78 is 0. The van der Waals surface area contributed by atoms with Crippen LogP contribution in [-0.4, -0.2) is 19.9 Å². The van der Waals surface area contributed by atoms with E-state index in [2.05, 4.69) is 111 Å². The Morgan fingerprint density at radius 1 is 0.522 bits per heavy atom. The molecule has 0 amide bonds. The Hall–Kier alpha value is -4.18. The molecular weight excluding hydrogens is 560 g/mol. The lowest BCUT2D eigenvalue weighted by molar-refractivity contribution is -0.00721. The average Bonchev–Trinajstić information content (AvgIpc) is 3.09. The van der Waals surface area contributed by atoms with E-state index in [1.165, 1.54) is 46.2 Å². The van der Waals surface area contributed by atoms with Crippen LogP contribution in [0.2, 0.25) is 0 Å². The minimum Gasteiger partial charge on any atom is -0.255 e. The van der Waals surface area contributed by atoms with Gasteiger partial charge in [-0.05, 0) is 142 Å². The van der Waals surface area contributed by atoms with Crippen molar-refractivity contribution < 1.29 is 0 Å². The fraction of sp³-hybridized carbons (Fsp3) is 0.381. The largest absolute Gasteiger partial charge is 0.255 e. The van der Waals surface area contributed by atoms with E-state index in [9.17, 15) is 0 Å². The molecule has 11 rings (SSSR count). The summed E-state index contributed by atoms with van der Waals surface area (Å²) in [5.41, 5.74) is 13.5. The molecule has 0 radical (unpaired) electrons. The van der Waals surface area contributed by atoms with Gasteiger partial charge in [0.1, 0.15) is 0 Å². The molecule has 6 aliphatic carbocycles. The molecule has 0 N–H and O–H groups in total. The predicted octanol–water partition coefficient (Wildman–Crippen LogP) is 9.54. The maximum absolute atomic E-state index is 4.94. The zero-order valence-electron chi connectivity index (χ0n) is 27.3. The lowest BCUT2D eigenvalue weighted by atomic mass is 9.43. The van der Waals surface area contributed by atoms with Crippen molar-refractivity contribution in [3.8, 4) is 22.8 Å². The first-order chi connectivity index (χ1) is 22.3. The third kappa shape index (κ3) is 4.11. The minimum atomic E-state index is 0.295. The number of hydrogen-bond donors (Lipinski definition) is 0. The number of aromatic nitrogens is 4. The molecular formula is C42H42N4. The second-order valence-electron chi connectivity index (χ2n) is 15.6. The monoisotopic (exact) mass is 602 g/mol. The molecule has 4 heterocycles. The van der Waals surface area contributed by atoms with Crippen LogP contribution in [0.25, 0.3) is 22.8 Å². The summed E-state index contributed by atoms with van der Waals surface area (Å²) in [7, 11) is 0. The summed E-state index contributed by atoms with van der Waals surface area (Å²) in [4.78, 5) is 19.2. The molecule has 2 unspecified atom stereocenters. The molecule has 5 aromatic rings. The van der Waals surface area contributed by atoms with Gasteiger partial charge in [0, 0.05) is 24.8 Å². The van der Waals surface area contributed by atoms with Gasteiger partial charge in [0.15, 0.2) is 0 Å². The van der Waals surface area contributed by atoms with Gasteiger partial charge in [-0.3, -0.25) is 19.9 Å². The maximum Gasteiger partial charge on any atom is 0.0889 e. The molecule has 6 atom stereocenters. The van der Waals surface area contributed by atoms with E-state index < -0.39 is 0 Å². The van der Waals surface area contributed by atoms with E-state index in [4.69, 9.17) is 9.97 Å². The fourth-order valence-corrected chi connectivity index (χ4v) is 10.2. The van der Waals surface area contributed by atoms with E-state index in [0.29, 0.717) is 46.3 Å². The molecule has 2 saturated carbocycles. The van der Waals surface area contributed by atoms with Gasteiger partial charge >= 0.3 is 0 Å². The van der Waals surface area contributed by atoms with Crippen LogP contribution in [0.15, 0.2) is 97.6 Å². The standard InChI is InChI=1S/C42H42N4/c1-41(2)33-21-35(41)31-23-45-39(37-13-7-9-15-43-37)19-27(31)29(33)17-25-11-5-6-12-26(25)18-30-28-20-40(38-14-8-10-16-44-38)46-24-32(28)36-22-34(30)42(36,3)4/h5-16,19-20,23-24,29-30,33-36H,17-18,21-22H2,1-4H3/t29-,30?,33?,34-,35-,36+/m0/s1. The smallest absolute Gasteiger partial charge is 0.0889 e. The summed E-state index contributed by atoms with van der Waals surface area (Å²) in [6.07, 6.45) is 12.8. The van der Waals surface area contributed by atoms with Gasteiger partial charge in [0.2, 0.25) is 0 Å². The maximum atomic E-state index is 4.94. The highest BCUT2D eigenvalue weighted by Gasteiger charge is 2.58. The second kappa shape index (κ2) is 10.2. The molecule has 4 nitrogen and oxygen atoms in total. The molecule has 0 spiro atoms. The van der Waals surface area contributed by atoms with Crippen molar-refractivity contribution in [2.24, 2.45) is 22.7 Å². The number of benzene rings is 1. The molecule has 1 aromatic carbocycles. The van der Waals surface area contributed by atoms with Gasteiger partial charge in [0.05, 0.1) is 22.8 Å². The first-order valence-corrected chi connectivity index (χ1v) is 17.2. The Kier molecular flexibility index (Phi) is 6.20. The van der Waals surface area contributed by atoms with Crippen LogP contribution >= 0.6 is 0 Å². The van der Waals surface area contributed by atoms with Crippen molar-refractivity contribution in [1.29, 1.82) is 0 Å². The Bertz CT molecular complexity index is 1800. The second-order valence-corrected chi connectivity index (χ2v) is 15.6. The minimum absolute atomic E-state index is 0.295. The molecule has 4 aromatic heterocycles. The summed E-state index contributed by atoms with van der Waals surface area (Å²) >= 11 is 0. The number of pyridine rings is 4. The normalized spacial score (nSPS) is 27.5. The molecule has 4 heteroatoms. The van der Waals surface area contributed by atoms with Gasteiger partial charge in [0.25, 0.3) is 0 Å². The van der Waals surface area contributed by atoms with Gasteiger partial charge in [-0.15, -0.1) is 0 Å². The summed E-state index contributed by atoms with van der Waals surface area (Å²) in [6, 6.07) is 26.3. The van der Waals surface area contributed by atoms with Crippen molar-refractivity contribution in [1.82, 2.24) is 19.9 Å². The lowest BCUT2D eigenvalue weighted by Crippen LogP contribution is -2.51. The Labute approximate surface area is 272 Å². The molecule has 4 bridgehead atoms. The van der Waals surface area contributed by atoms with Crippen molar-refractivity contribution in [3.63, 3.8) is 0 Å². The number of rotatable bonds is 6. The average molecular weight is 603 g/mol. The Morgan fingerprint density at radius 2 is 0.957 bits per heavy atom. The topological polar surface area (TPSA) is 51.6 Å². The zero-order valence-corrected chi connectivity index (χ0v) is 27.3. The molecule has 0 aliphatic heterocycles. The highest BCUT2D eigenvalue weighted by atomic mass is 14.8. The van der Waals surface area contributed by atoms with Crippen LogP contribution < -0.4 is 0 Å². The van der Waals surface area contributed by atoms with Crippen LogP contribution in [0.1, 0.15) is 97.6 Å². The van der Waals surface area contributed by atoms with Crippen LogP contribution in [0.3, 0.4) is 0 Å². The first-order valence-electron chi connectivity index (χ1n) is 17.2.